The first-order valence-electron chi connectivity index (χ1n) is 3.74. The quantitative estimate of drug-likeness (QED) is 0.862. The zero-order valence-corrected chi connectivity index (χ0v) is 8.52. The van der Waals surface area contributed by atoms with Gasteiger partial charge in [-0.2, -0.15) is 0 Å². The molecule has 1 N–H and O–H groups in total. The van der Waals surface area contributed by atoms with Crippen LogP contribution in [0, 0.1) is 0 Å². The smallest absolute Gasteiger partial charge is 0.253 e. The van der Waals surface area contributed by atoms with Gasteiger partial charge >= 0.3 is 0 Å². The molecule has 0 fully saturated rings. The lowest BCUT2D eigenvalue weighted by atomic mass is 10.2. The largest absolute Gasteiger partial charge is 0.344 e. The Balaban J connectivity index is 2.89. The molecule has 0 atom stereocenters. The van der Waals surface area contributed by atoms with E-state index in [-0.39, 0.29) is 17.1 Å². The van der Waals surface area contributed by atoms with E-state index in [1.807, 2.05) is 0 Å². The summed E-state index contributed by atoms with van der Waals surface area (Å²) >= 11 is 11.5. The number of carbonyl (C=O) groups is 1. The molecule has 14 heavy (non-hydrogen) atoms. The maximum Gasteiger partial charge on any atom is 0.253 e. The first-order chi connectivity index (χ1) is 6.66. The molecule has 0 aromatic heterocycles. The minimum absolute atomic E-state index is 0.165. The van der Waals surface area contributed by atoms with Crippen LogP contribution in [0.1, 0.15) is 10.4 Å². The fraction of sp³-hybridized carbons (Fsp3) is 0.111. The van der Waals surface area contributed by atoms with Crippen LogP contribution >= 0.6 is 23.2 Å². The van der Waals surface area contributed by atoms with Gasteiger partial charge in [0.1, 0.15) is 0 Å². The Kier molecular flexibility index (Phi) is 3.92. The maximum absolute atomic E-state index is 11.3. The maximum atomic E-state index is 11.3. The van der Waals surface area contributed by atoms with E-state index in [1.54, 1.807) is 18.4 Å². The number of hydrogen-bond acceptors (Lipinski definition) is 2. The third-order valence-electron chi connectivity index (χ3n) is 1.52. The van der Waals surface area contributed by atoms with Gasteiger partial charge in [0.2, 0.25) is 6.29 Å². The number of hydrogen-bond donors (Lipinski definition) is 1. The minimum Gasteiger partial charge on any atom is -0.344 e. The van der Waals surface area contributed by atoms with Crippen molar-refractivity contribution >= 4 is 35.4 Å². The fourth-order valence-electron chi connectivity index (χ4n) is 0.891. The van der Waals surface area contributed by atoms with E-state index in [9.17, 15) is 9.59 Å². The summed E-state index contributed by atoms with van der Waals surface area (Å²) in [5, 5.41) is 2.79. The van der Waals surface area contributed by atoms with Gasteiger partial charge in [-0.3, -0.25) is 9.59 Å². The second-order valence-corrected chi connectivity index (χ2v) is 3.21. The van der Waals surface area contributed by atoms with Gasteiger partial charge < -0.3 is 5.32 Å². The van der Waals surface area contributed by atoms with E-state index in [4.69, 9.17) is 23.2 Å². The molecule has 73 valence electrons. The molecule has 1 aromatic rings. The van der Waals surface area contributed by atoms with Crippen molar-refractivity contribution in [2.45, 2.75) is 0 Å². The van der Waals surface area contributed by atoms with Gasteiger partial charge in [0, 0.05) is 0 Å². The van der Waals surface area contributed by atoms with E-state index in [2.05, 4.69) is 5.32 Å². The third kappa shape index (κ3) is 2.47. The van der Waals surface area contributed by atoms with Crippen LogP contribution in [0.3, 0.4) is 0 Å². The van der Waals surface area contributed by atoms with Crippen LogP contribution in [0.25, 0.3) is 0 Å². The molecule has 0 aliphatic carbocycles. The summed E-state index contributed by atoms with van der Waals surface area (Å²) in [7, 11) is 0. The Labute approximate surface area is 91.0 Å². The van der Waals surface area contributed by atoms with Gasteiger partial charge in [0.25, 0.3) is 5.91 Å². The molecule has 0 unspecified atom stereocenters. The van der Waals surface area contributed by atoms with E-state index >= 15 is 0 Å². The normalized spacial score (nSPS) is 9.57. The van der Waals surface area contributed by atoms with Crippen LogP contribution in [0.15, 0.2) is 18.2 Å². The number of nitrogens with one attached hydrogen (secondary N) is 1. The lowest BCUT2D eigenvalue weighted by molar-refractivity contribution is 0.0959. The molecule has 0 heterocycles. The summed E-state index contributed by atoms with van der Waals surface area (Å²) in [4.78, 5) is 21.2. The lowest BCUT2D eigenvalue weighted by Crippen LogP contribution is -2.25. The van der Waals surface area contributed by atoms with Crippen molar-refractivity contribution < 1.29 is 9.59 Å². The molecule has 0 aliphatic rings. The van der Waals surface area contributed by atoms with Gasteiger partial charge in [0.05, 0.1) is 22.2 Å². The fourth-order valence-corrected chi connectivity index (χ4v) is 1.28. The molecule has 0 bridgehead atoms. The predicted molar refractivity (Wildman–Crippen MR) is 54.5 cm³/mol. The molecule has 0 saturated carbocycles. The molecule has 0 spiro atoms. The summed E-state index contributed by atoms with van der Waals surface area (Å²) in [6, 6.07) is 4.70. The van der Waals surface area contributed by atoms with Crippen molar-refractivity contribution in [3.05, 3.63) is 33.8 Å². The van der Waals surface area contributed by atoms with E-state index < -0.39 is 5.91 Å². The van der Waals surface area contributed by atoms with Crippen LogP contribution in [-0.2, 0) is 4.79 Å². The Hall–Kier alpha value is -1.06. The van der Waals surface area contributed by atoms with E-state index in [1.165, 1.54) is 6.07 Å². The minimum atomic E-state index is -0.444. The van der Waals surface area contributed by atoms with Crippen LogP contribution in [0.4, 0.5) is 0 Å². The summed E-state index contributed by atoms with van der Waals surface area (Å²) in [5.74, 6) is -0.444. The summed E-state index contributed by atoms with van der Waals surface area (Å²) in [6.45, 7) is -0.165. The molecule has 0 aliphatic heterocycles. The third-order valence-corrected chi connectivity index (χ3v) is 2.34. The zero-order chi connectivity index (χ0) is 10.6. The molecule has 3 nitrogen and oxygen atoms in total. The molecule has 1 radical (unpaired) electrons. The van der Waals surface area contributed by atoms with Crippen LogP contribution in [-0.4, -0.2) is 18.7 Å². The standard InChI is InChI=1S/C9H6Cl2NO2/c10-7-3-1-2-6(8(7)11)9(14)12-4-5-13/h1-3H,4H2,(H,12,14). The van der Waals surface area contributed by atoms with Crippen molar-refractivity contribution in [1.29, 1.82) is 0 Å². The Morgan fingerprint density at radius 1 is 1.43 bits per heavy atom. The van der Waals surface area contributed by atoms with Crippen molar-refractivity contribution in [2.24, 2.45) is 0 Å². The van der Waals surface area contributed by atoms with Crippen LogP contribution in [0.2, 0.25) is 10.0 Å². The van der Waals surface area contributed by atoms with Crippen molar-refractivity contribution in [3.8, 4) is 0 Å². The first kappa shape index (κ1) is 11.0. The SMILES string of the molecule is O=[C]CNC(=O)c1cccc(Cl)c1Cl. The van der Waals surface area contributed by atoms with Gasteiger partial charge in [-0.25, -0.2) is 0 Å². The monoisotopic (exact) mass is 230 g/mol. The number of halogens is 2. The summed E-state index contributed by atoms with van der Waals surface area (Å²) in [5.41, 5.74) is 0.245. The highest BCUT2D eigenvalue weighted by molar-refractivity contribution is 6.43. The van der Waals surface area contributed by atoms with Gasteiger partial charge in [0.15, 0.2) is 0 Å². The van der Waals surface area contributed by atoms with Crippen molar-refractivity contribution in [1.82, 2.24) is 5.32 Å². The summed E-state index contributed by atoms with van der Waals surface area (Å²) in [6.07, 6.45) is 1.54. The topological polar surface area (TPSA) is 46.2 Å². The average Bonchev–Trinajstić information content (AvgIpc) is 2.18. The van der Waals surface area contributed by atoms with Gasteiger partial charge in [-0.1, -0.05) is 29.3 Å². The number of amides is 1. The Bertz CT molecular complexity index is 366. The Morgan fingerprint density at radius 3 is 2.79 bits per heavy atom. The van der Waals surface area contributed by atoms with Crippen molar-refractivity contribution in [3.63, 3.8) is 0 Å². The summed E-state index contributed by atoms with van der Waals surface area (Å²) < 4.78 is 0. The molecule has 1 aromatic carbocycles. The second kappa shape index (κ2) is 4.98. The van der Waals surface area contributed by atoms with Crippen LogP contribution < -0.4 is 5.32 Å². The average molecular weight is 231 g/mol. The highest BCUT2D eigenvalue weighted by atomic mass is 35.5. The Morgan fingerprint density at radius 2 is 2.14 bits per heavy atom. The van der Waals surface area contributed by atoms with Crippen molar-refractivity contribution in [2.75, 3.05) is 6.54 Å². The number of rotatable bonds is 3. The van der Waals surface area contributed by atoms with Crippen LogP contribution in [0.5, 0.6) is 0 Å². The molecule has 1 rings (SSSR count). The van der Waals surface area contributed by atoms with E-state index in [0.717, 1.165) is 0 Å². The molecule has 0 saturated heterocycles. The first-order valence-corrected chi connectivity index (χ1v) is 4.49. The number of benzene rings is 1. The second-order valence-electron chi connectivity index (χ2n) is 2.43. The molecule has 1 amide bonds. The lowest BCUT2D eigenvalue weighted by Gasteiger charge is -2.04. The van der Waals surface area contributed by atoms with Gasteiger partial charge in [-0.05, 0) is 12.1 Å². The predicted octanol–water partition coefficient (Wildman–Crippen LogP) is 1.83. The van der Waals surface area contributed by atoms with Gasteiger partial charge in [-0.15, -0.1) is 0 Å². The molecular weight excluding hydrogens is 225 g/mol. The number of carbonyl (C=O) groups excluding carboxylic acids is 2. The highest BCUT2D eigenvalue weighted by Crippen LogP contribution is 2.25. The highest BCUT2D eigenvalue weighted by Gasteiger charge is 2.11. The zero-order valence-electron chi connectivity index (χ0n) is 7.01. The van der Waals surface area contributed by atoms with E-state index in [0.29, 0.717) is 5.02 Å². The molecular formula is C9H6Cl2NO2. The molecule has 5 heteroatoms.